The van der Waals surface area contributed by atoms with E-state index in [1.165, 1.54) is 18.1 Å². The Bertz CT molecular complexity index is 725. The number of rotatable bonds is 1. The van der Waals surface area contributed by atoms with Crippen molar-refractivity contribution in [3.05, 3.63) is 12.7 Å². The average molecular weight is 323 g/mol. The Hall–Kier alpha value is -1.42. The number of thioether (sulfide) groups is 1. The van der Waals surface area contributed by atoms with Crippen LogP contribution >= 0.6 is 11.8 Å². The summed E-state index contributed by atoms with van der Waals surface area (Å²) in [6.45, 7) is 0. The third kappa shape index (κ3) is 1.73. The zero-order chi connectivity index (χ0) is 15.5. The molecule has 8 nitrogen and oxygen atoms in total. The Morgan fingerprint density at radius 2 is 2.09 bits per heavy atom. The number of aromatic nitrogens is 4. The summed E-state index contributed by atoms with van der Waals surface area (Å²) in [7, 11) is 0. The van der Waals surface area contributed by atoms with Crippen molar-refractivity contribution in [3.8, 4) is 0 Å². The zero-order valence-electron chi connectivity index (χ0n) is 11.7. The molecule has 2 fully saturated rings. The van der Waals surface area contributed by atoms with Gasteiger partial charge in [0.25, 0.3) is 0 Å². The number of imidazole rings is 1. The van der Waals surface area contributed by atoms with E-state index >= 15 is 0 Å². The minimum absolute atomic E-state index is 0.275. The minimum atomic E-state index is -1.01. The van der Waals surface area contributed by atoms with Crippen LogP contribution in [-0.2, 0) is 0 Å². The molecular formula is C13H17N5O3S. The molecule has 1 aliphatic heterocycles. The van der Waals surface area contributed by atoms with Crippen LogP contribution in [0.5, 0.6) is 0 Å². The molecule has 2 aromatic rings. The molecule has 2 aliphatic rings. The highest BCUT2D eigenvalue weighted by molar-refractivity contribution is 8.01. The van der Waals surface area contributed by atoms with E-state index in [1.807, 2.05) is 0 Å². The van der Waals surface area contributed by atoms with Gasteiger partial charge in [-0.3, -0.25) is 4.57 Å². The van der Waals surface area contributed by atoms with Crippen LogP contribution in [0.2, 0.25) is 0 Å². The Morgan fingerprint density at radius 1 is 1.27 bits per heavy atom. The molecule has 0 unspecified atom stereocenters. The van der Waals surface area contributed by atoms with E-state index in [9.17, 15) is 15.3 Å². The molecule has 1 aliphatic carbocycles. The van der Waals surface area contributed by atoms with Crippen LogP contribution < -0.4 is 5.73 Å². The fourth-order valence-electron chi connectivity index (χ4n) is 3.55. The monoisotopic (exact) mass is 323 g/mol. The predicted molar refractivity (Wildman–Crippen MR) is 81.0 cm³/mol. The first-order chi connectivity index (χ1) is 10.5. The van der Waals surface area contributed by atoms with Gasteiger partial charge in [-0.25, -0.2) is 15.0 Å². The lowest BCUT2D eigenvalue weighted by Gasteiger charge is -2.30. The first kappa shape index (κ1) is 14.2. The van der Waals surface area contributed by atoms with Gasteiger partial charge in [0, 0.05) is 0 Å². The van der Waals surface area contributed by atoms with Crippen molar-refractivity contribution < 1.29 is 15.3 Å². The SMILES string of the molecule is Nc1ncnc2c1ncn2[C@@H]1S[C@]2(CCC[C@H]2O)[C@@H](O)[C@H]1O. The molecule has 2 aromatic heterocycles. The second kappa shape index (κ2) is 4.79. The number of aliphatic hydroxyl groups is 3. The van der Waals surface area contributed by atoms with Gasteiger partial charge in [0.2, 0.25) is 0 Å². The maximum atomic E-state index is 10.5. The maximum Gasteiger partial charge on any atom is 0.166 e. The summed E-state index contributed by atoms with van der Waals surface area (Å²) in [6, 6.07) is 0. The number of anilines is 1. The number of fused-ring (bicyclic) bond motifs is 1. The van der Waals surface area contributed by atoms with Crippen LogP contribution in [0.1, 0.15) is 24.6 Å². The summed E-state index contributed by atoms with van der Waals surface area (Å²) in [5.41, 5.74) is 6.77. The van der Waals surface area contributed by atoms with Crippen molar-refractivity contribution >= 4 is 28.7 Å². The van der Waals surface area contributed by atoms with Gasteiger partial charge in [0.1, 0.15) is 23.3 Å². The predicted octanol–water partition coefficient (Wildman–Crippen LogP) is -0.341. The second-order valence-electron chi connectivity index (χ2n) is 5.89. The van der Waals surface area contributed by atoms with Crippen molar-refractivity contribution in [1.29, 1.82) is 0 Å². The van der Waals surface area contributed by atoms with Crippen LogP contribution in [0.4, 0.5) is 5.82 Å². The fraction of sp³-hybridized carbons (Fsp3) is 0.615. The highest BCUT2D eigenvalue weighted by Gasteiger charge is 2.59. The smallest absolute Gasteiger partial charge is 0.166 e. The third-order valence-electron chi connectivity index (χ3n) is 4.73. The Balaban J connectivity index is 1.78. The zero-order valence-corrected chi connectivity index (χ0v) is 12.5. The summed E-state index contributed by atoms with van der Waals surface area (Å²) >= 11 is 1.40. The third-order valence-corrected chi connectivity index (χ3v) is 6.63. The summed E-state index contributed by atoms with van der Waals surface area (Å²) < 4.78 is 0.977. The van der Waals surface area contributed by atoms with E-state index in [1.54, 1.807) is 10.9 Å². The summed E-state index contributed by atoms with van der Waals surface area (Å²) in [6.07, 6.45) is 2.43. The number of aliphatic hydroxyl groups excluding tert-OH is 3. The quantitative estimate of drug-likeness (QED) is 0.561. The van der Waals surface area contributed by atoms with Crippen LogP contribution in [0, 0.1) is 0 Å². The molecule has 22 heavy (non-hydrogen) atoms. The Morgan fingerprint density at radius 3 is 2.82 bits per heavy atom. The maximum absolute atomic E-state index is 10.5. The van der Waals surface area contributed by atoms with Crippen molar-refractivity contribution in [1.82, 2.24) is 19.5 Å². The number of hydrogen-bond acceptors (Lipinski definition) is 8. The van der Waals surface area contributed by atoms with E-state index in [0.29, 0.717) is 24.0 Å². The van der Waals surface area contributed by atoms with Gasteiger partial charge in [-0.2, -0.15) is 0 Å². The fourth-order valence-corrected chi connectivity index (χ4v) is 5.37. The van der Waals surface area contributed by atoms with Gasteiger partial charge in [-0.05, 0) is 19.3 Å². The topological polar surface area (TPSA) is 130 Å². The van der Waals surface area contributed by atoms with E-state index in [0.717, 1.165) is 6.42 Å². The molecule has 9 heteroatoms. The van der Waals surface area contributed by atoms with E-state index in [4.69, 9.17) is 5.73 Å². The molecule has 0 radical (unpaired) electrons. The normalized spacial score (nSPS) is 38.3. The lowest BCUT2D eigenvalue weighted by molar-refractivity contribution is -0.0251. The van der Waals surface area contributed by atoms with Gasteiger partial charge < -0.3 is 21.1 Å². The Labute approximate surface area is 130 Å². The van der Waals surface area contributed by atoms with Crippen molar-refractivity contribution in [3.63, 3.8) is 0 Å². The molecule has 0 aromatic carbocycles. The molecule has 5 N–H and O–H groups in total. The second-order valence-corrected chi connectivity index (χ2v) is 7.37. The number of nitrogens with two attached hydrogens (primary N) is 1. The summed E-state index contributed by atoms with van der Waals surface area (Å²) in [4.78, 5) is 12.3. The number of hydrogen-bond donors (Lipinski definition) is 4. The van der Waals surface area contributed by atoms with Crippen molar-refractivity contribution in [2.75, 3.05) is 5.73 Å². The molecular weight excluding hydrogens is 306 g/mol. The molecule has 1 spiro atoms. The molecule has 118 valence electrons. The lowest BCUT2D eigenvalue weighted by atomic mass is 9.94. The van der Waals surface area contributed by atoms with Crippen molar-refractivity contribution in [2.24, 2.45) is 0 Å². The van der Waals surface area contributed by atoms with Crippen LogP contribution in [0.3, 0.4) is 0 Å². The molecule has 3 heterocycles. The Kier molecular flexibility index (Phi) is 3.09. The highest BCUT2D eigenvalue weighted by atomic mass is 32.2. The van der Waals surface area contributed by atoms with Crippen molar-refractivity contribution in [2.45, 2.75) is 47.7 Å². The number of nitrogens with zero attached hydrogens (tertiary/aromatic N) is 4. The van der Waals surface area contributed by atoms with Crippen LogP contribution in [-0.4, -0.2) is 57.9 Å². The molecule has 1 saturated carbocycles. The van der Waals surface area contributed by atoms with Crippen LogP contribution in [0.25, 0.3) is 11.2 Å². The minimum Gasteiger partial charge on any atom is -0.392 e. The van der Waals surface area contributed by atoms with Gasteiger partial charge in [0.15, 0.2) is 11.5 Å². The van der Waals surface area contributed by atoms with Gasteiger partial charge in [0.05, 0.1) is 23.3 Å². The first-order valence-corrected chi connectivity index (χ1v) is 8.07. The van der Waals surface area contributed by atoms with Gasteiger partial charge in [-0.1, -0.05) is 0 Å². The molecule has 1 saturated heterocycles. The largest absolute Gasteiger partial charge is 0.392 e. The highest BCUT2D eigenvalue weighted by Crippen LogP contribution is 2.57. The number of nitrogen functional groups attached to an aromatic ring is 1. The van der Waals surface area contributed by atoms with Gasteiger partial charge in [-0.15, -0.1) is 11.8 Å². The summed E-state index contributed by atoms with van der Waals surface area (Å²) in [5.74, 6) is 0.275. The molecule has 5 atom stereocenters. The standard InChI is InChI=1S/C13H17N5O3S/c14-10-7-11(16-4-15-10)18(5-17-7)12-8(20)9(21)13(22-12)3-1-2-6(13)19/h4-6,8-9,12,19-21H,1-3H2,(H2,14,15,16)/t6-,8-,9+,12-,13+/m1/s1. The van der Waals surface area contributed by atoms with Crippen LogP contribution in [0.15, 0.2) is 12.7 Å². The average Bonchev–Trinajstić information content (AvgIpc) is 3.15. The van der Waals surface area contributed by atoms with E-state index in [2.05, 4.69) is 15.0 Å². The first-order valence-electron chi connectivity index (χ1n) is 7.19. The molecule has 0 bridgehead atoms. The summed E-state index contributed by atoms with van der Waals surface area (Å²) in [5, 5.41) is 30.8. The van der Waals surface area contributed by atoms with Gasteiger partial charge >= 0.3 is 0 Å². The molecule has 4 rings (SSSR count). The van der Waals surface area contributed by atoms with E-state index < -0.39 is 28.4 Å². The van der Waals surface area contributed by atoms with E-state index in [-0.39, 0.29) is 5.82 Å². The lowest BCUT2D eigenvalue weighted by Crippen LogP contribution is -2.46. The molecule has 0 amide bonds.